The number of carbonyl (C=O) groups is 4. The van der Waals surface area contributed by atoms with Gasteiger partial charge >= 0.3 is 12.1 Å². The molecular weight excluding hydrogens is 406 g/mol. The molecule has 10 nitrogen and oxygen atoms in total. The fraction of sp³-hybridized carbons (Fsp3) is 0.429. The van der Waals surface area contributed by atoms with Crippen molar-refractivity contribution in [2.24, 2.45) is 0 Å². The maximum Gasteiger partial charge on any atom is 0.408 e. The molecule has 0 saturated heterocycles. The molecule has 0 radical (unpaired) electrons. The Balaban J connectivity index is 3.17. The number of ether oxygens (including phenoxy) is 2. The van der Waals surface area contributed by atoms with Crippen LogP contribution in [-0.4, -0.2) is 65.8 Å². The van der Waals surface area contributed by atoms with Gasteiger partial charge in [0.15, 0.2) is 0 Å². The van der Waals surface area contributed by atoms with Crippen molar-refractivity contribution in [1.82, 2.24) is 15.5 Å². The monoisotopic (exact) mass is 433 g/mol. The summed E-state index contributed by atoms with van der Waals surface area (Å²) in [6, 6.07) is 7.43. The Hall–Kier alpha value is -3.58. The quantitative estimate of drug-likeness (QED) is 0.305. The first kappa shape index (κ1) is 25.5. The minimum atomic E-state index is -1.47. The molecule has 168 valence electrons. The van der Waals surface area contributed by atoms with E-state index in [4.69, 9.17) is 11.2 Å². The summed E-state index contributed by atoms with van der Waals surface area (Å²) in [6.45, 7) is 3.67. The predicted octanol–water partition coefficient (Wildman–Crippen LogP) is 0.322. The van der Waals surface area contributed by atoms with E-state index < -0.39 is 54.7 Å². The van der Waals surface area contributed by atoms with Crippen molar-refractivity contribution in [3.8, 4) is 12.5 Å². The van der Waals surface area contributed by atoms with Crippen LogP contribution >= 0.6 is 0 Å². The standard InChI is InChI=1S/C21H27N3O7/c1-6-24(19(28)15(13-25)23-20(29)31-21(2,3)4)17(14-10-8-7-9-11-14)18(27)22-12-16(26)30-5/h1,7-11,15,17,25H,12-13H2,2-5H3,(H,22,27)(H,23,29). The lowest BCUT2D eigenvalue weighted by Crippen LogP contribution is -2.53. The van der Waals surface area contributed by atoms with Gasteiger partial charge in [0.05, 0.1) is 13.7 Å². The summed E-state index contributed by atoms with van der Waals surface area (Å²) in [5, 5.41) is 14.2. The molecule has 0 aromatic heterocycles. The molecule has 10 heteroatoms. The molecule has 0 aliphatic rings. The van der Waals surface area contributed by atoms with Crippen molar-refractivity contribution in [2.75, 3.05) is 20.3 Å². The Morgan fingerprint density at radius 2 is 1.81 bits per heavy atom. The number of hydrogen-bond acceptors (Lipinski definition) is 7. The average molecular weight is 433 g/mol. The van der Waals surface area contributed by atoms with Gasteiger partial charge in [-0.2, -0.15) is 0 Å². The second-order valence-electron chi connectivity index (χ2n) is 7.33. The molecule has 31 heavy (non-hydrogen) atoms. The molecule has 0 bridgehead atoms. The van der Waals surface area contributed by atoms with Crippen LogP contribution in [0.1, 0.15) is 32.4 Å². The number of methoxy groups -OCH3 is 1. The summed E-state index contributed by atoms with van der Waals surface area (Å²) >= 11 is 0. The topological polar surface area (TPSA) is 134 Å². The van der Waals surface area contributed by atoms with E-state index in [0.29, 0.717) is 5.56 Å². The number of esters is 1. The van der Waals surface area contributed by atoms with Crippen molar-refractivity contribution in [3.05, 3.63) is 35.9 Å². The van der Waals surface area contributed by atoms with Gasteiger partial charge in [-0.3, -0.25) is 19.3 Å². The first-order valence-electron chi connectivity index (χ1n) is 9.33. The van der Waals surface area contributed by atoms with Crippen molar-refractivity contribution in [2.45, 2.75) is 38.5 Å². The van der Waals surface area contributed by atoms with Gasteiger partial charge in [0.2, 0.25) is 5.91 Å². The van der Waals surface area contributed by atoms with Crippen molar-refractivity contribution in [3.63, 3.8) is 0 Å². The number of nitrogens with zero attached hydrogens (tertiary/aromatic N) is 1. The SMILES string of the molecule is C#CN(C(=O)C(CO)NC(=O)OC(C)(C)C)C(C(=O)NCC(=O)OC)c1ccccc1. The fourth-order valence-electron chi connectivity index (χ4n) is 2.45. The number of aliphatic hydroxyl groups is 1. The maximum atomic E-state index is 13.0. The minimum absolute atomic E-state index is 0.352. The van der Waals surface area contributed by atoms with Gasteiger partial charge < -0.3 is 25.2 Å². The van der Waals surface area contributed by atoms with Gasteiger partial charge in [-0.25, -0.2) is 4.79 Å². The maximum absolute atomic E-state index is 13.0. The molecule has 3 amide bonds. The van der Waals surface area contributed by atoms with Gasteiger partial charge in [0.1, 0.15) is 24.2 Å². The molecule has 2 atom stereocenters. The van der Waals surface area contributed by atoms with E-state index in [1.54, 1.807) is 51.1 Å². The van der Waals surface area contributed by atoms with E-state index in [0.717, 1.165) is 12.0 Å². The molecule has 0 fully saturated rings. The van der Waals surface area contributed by atoms with Crippen LogP contribution in [0.25, 0.3) is 0 Å². The molecule has 1 aromatic carbocycles. The lowest BCUT2D eigenvalue weighted by Gasteiger charge is -2.29. The number of hydrogen-bond donors (Lipinski definition) is 3. The second kappa shape index (κ2) is 11.6. The number of rotatable bonds is 8. The molecular formula is C21H27N3O7. The van der Waals surface area contributed by atoms with Crippen LogP contribution in [0.2, 0.25) is 0 Å². The Morgan fingerprint density at radius 1 is 1.19 bits per heavy atom. The number of amides is 3. The number of nitrogens with one attached hydrogen (secondary N) is 2. The highest BCUT2D eigenvalue weighted by Gasteiger charge is 2.35. The van der Waals surface area contributed by atoms with Gasteiger partial charge in [-0.05, 0) is 26.3 Å². The molecule has 0 spiro atoms. The van der Waals surface area contributed by atoms with Gasteiger partial charge in [0, 0.05) is 6.04 Å². The average Bonchev–Trinajstić information content (AvgIpc) is 2.72. The molecule has 1 rings (SSSR count). The summed E-state index contributed by atoms with van der Waals surface area (Å²) in [4.78, 5) is 50.0. The van der Waals surface area contributed by atoms with E-state index in [2.05, 4.69) is 21.4 Å². The summed E-state index contributed by atoms with van der Waals surface area (Å²) < 4.78 is 9.58. The Labute approximate surface area is 180 Å². The van der Waals surface area contributed by atoms with Crippen molar-refractivity contribution < 1.29 is 33.8 Å². The van der Waals surface area contributed by atoms with E-state index >= 15 is 0 Å². The highest BCUT2D eigenvalue weighted by atomic mass is 16.6. The van der Waals surface area contributed by atoms with Crippen LogP contribution in [0.5, 0.6) is 0 Å². The van der Waals surface area contributed by atoms with Gasteiger partial charge in [-0.1, -0.05) is 36.8 Å². The smallest absolute Gasteiger partial charge is 0.408 e. The van der Waals surface area contributed by atoms with Crippen LogP contribution < -0.4 is 10.6 Å². The molecule has 3 N–H and O–H groups in total. The van der Waals surface area contributed by atoms with Crippen molar-refractivity contribution >= 4 is 23.9 Å². The molecule has 1 aromatic rings. The third-order valence-electron chi connectivity index (χ3n) is 3.80. The number of aliphatic hydroxyl groups excluding tert-OH is 1. The largest absolute Gasteiger partial charge is 0.468 e. The van der Waals surface area contributed by atoms with Gasteiger partial charge in [-0.15, -0.1) is 0 Å². The zero-order valence-electron chi connectivity index (χ0n) is 17.9. The molecule has 0 aliphatic heterocycles. The van der Waals surface area contributed by atoms with Crippen LogP contribution in [0.4, 0.5) is 4.79 Å². The third kappa shape index (κ3) is 7.98. The number of terminal acetylenes is 1. The van der Waals surface area contributed by atoms with Gasteiger partial charge in [0.25, 0.3) is 5.91 Å². The highest BCUT2D eigenvalue weighted by Crippen LogP contribution is 2.21. The van der Waals surface area contributed by atoms with E-state index in [-0.39, 0.29) is 0 Å². The molecule has 2 unspecified atom stereocenters. The number of carbonyl (C=O) groups excluding carboxylic acids is 4. The zero-order chi connectivity index (χ0) is 23.6. The van der Waals surface area contributed by atoms with Crippen LogP contribution in [0.3, 0.4) is 0 Å². The Morgan fingerprint density at radius 3 is 2.29 bits per heavy atom. The van der Waals surface area contributed by atoms with Crippen LogP contribution in [-0.2, 0) is 23.9 Å². The Kier molecular flexibility index (Phi) is 9.50. The lowest BCUT2D eigenvalue weighted by molar-refractivity contribution is -0.143. The minimum Gasteiger partial charge on any atom is -0.468 e. The summed E-state index contributed by atoms with van der Waals surface area (Å²) in [7, 11) is 1.16. The first-order chi connectivity index (χ1) is 14.5. The third-order valence-corrected chi connectivity index (χ3v) is 3.80. The molecule has 0 aliphatic carbocycles. The van der Waals surface area contributed by atoms with Crippen LogP contribution in [0.15, 0.2) is 30.3 Å². The summed E-state index contributed by atoms with van der Waals surface area (Å²) in [5.41, 5.74) is -0.482. The van der Waals surface area contributed by atoms with Crippen LogP contribution in [0, 0.1) is 12.5 Å². The summed E-state index contributed by atoms with van der Waals surface area (Å²) in [5.74, 6) is -2.37. The fourth-order valence-corrected chi connectivity index (χ4v) is 2.45. The second-order valence-corrected chi connectivity index (χ2v) is 7.33. The normalized spacial score (nSPS) is 12.5. The number of alkyl carbamates (subject to hydrolysis) is 1. The lowest BCUT2D eigenvalue weighted by atomic mass is 10.0. The van der Waals surface area contributed by atoms with E-state index in [1.807, 2.05) is 0 Å². The van der Waals surface area contributed by atoms with Crippen molar-refractivity contribution in [1.29, 1.82) is 0 Å². The molecule has 0 heterocycles. The number of benzene rings is 1. The predicted molar refractivity (Wildman–Crippen MR) is 110 cm³/mol. The zero-order valence-corrected chi connectivity index (χ0v) is 17.9. The molecule has 0 saturated carbocycles. The first-order valence-corrected chi connectivity index (χ1v) is 9.33. The highest BCUT2D eigenvalue weighted by molar-refractivity contribution is 5.94. The van der Waals surface area contributed by atoms with E-state index in [1.165, 1.54) is 0 Å². The Bertz CT molecular complexity index is 828. The summed E-state index contributed by atoms with van der Waals surface area (Å²) in [6.07, 6.45) is 4.57. The van der Waals surface area contributed by atoms with E-state index in [9.17, 15) is 24.3 Å².